The van der Waals surface area contributed by atoms with Gasteiger partial charge in [-0.2, -0.15) is 4.31 Å². The molecule has 28 heavy (non-hydrogen) atoms. The lowest BCUT2D eigenvalue weighted by molar-refractivity contribution is 0.326. The largest absolute Gasteiger partial charge is 0.365 e. The molecule has 0 bridgehead atoms. The third kappa shape index (κ3) is 3.85. The van der Waals surface area contributed by atoms with Crippen LogP contribution in [-0.4, -0.2) is 57.5 Å². The summed E-state index contributed by atoms with van der Waals surface area (Å²) in [6.07, 6.45) is 7.62. The van der Waals surface area contributed by atoms with Crippen molar-refractivity contribution in [3.8, 4) is 11.3 Å². The fourth-order valence-electron chi connectivity index (χ4n) is 3.58. The van der Waals surface area contributed by atoms with E-state index in [4.69, 9.17) is 0 Å². The molecule has 4 rings (SSSR count). The number of hydrogen-bond acceptors (Lipinski definition) is 6. The van der Waals surface area contributed by atoms with Gasteiger partial charge in [0.25, 0.3) is 0 Å². The first-order valence-electron chi connectivity index (χ1n) is 9.56. The Kier molecular flexibility index (Phi) is 5.27. The number of nitrogens with zero attached hydrogens (tertiary/aromatic N) is 4. The molecule has 3 aromatic heterocycles. The summed E-state index contributed by atoms with van der Waals surface area (Å²) in [5.41, 5.74) is 3.10. The van der Waals surface area contributed by atoms with E-state index in [9.17, 15) is 8.42 Å². The molecule has 0 spiro atoms. The standard InChI is InChI=1S/C19H24N6O2S/c1-2-11-28(26,27)25-10-4-5-14(13-25)23-18-15(6-3-8-20-18)17-12-22-16-7-9-21-19(16)24-17/h3,6-9,12,14H,2,4-5,10-11,13H2,1H3,(H,20,23)(H,21,24). The predicted molar refractivity (Wildman–Crippen MR) is 109 cm³/mol. The van der Waals surface area contributed by atoms with E-state index in [0.717, 1.165) is 35.3 Å². The second-order valence-electron chi connectivity index (χ2n) is 7.02. The molecule has 1 fully saturated rings. The predicted octanol–water partition coefficient (Wildman–Crippen LogP) is 2.64. The van der Waals surface area contributed by atoms with Crippen molar-refractivity contribution in [2.75, 3.05) is 24.2 Å². The summed E-state index contributed by atoms with van der Waals surface area (Å²) in [7, 11) is -3.19. The van der Waals surface area contributed by atoms with Crippen molar-refractivity contribution in [3.05, 3.63) is 36.8 Å². The fourth-order valence-corrected chi connectivity index (χ4v) is 5.16. The van der Waals surface area contributed by atoms with Gasteiger partial charge in [0.15, 0.2) is 5.65 Å². The molecule has 0 aromatic carbocycles. The molecule has 148 valence electrons. The van der Waals surface area contributed by atoms with Crippen LogP contribution in [0, 0.1) is 0 Å². The zero-order chi connectivity index (χ0) is 19.6. The van der Waals surface area contributed by atoms with Crippen LogP contribution in [0.25, 0.3) is 22.4 Å². The van der Waals surface area contributed by atoms with Gasteiger partial charge in [0.05, 0.1) is 17.6 Å². The van der Waals surface area contributed by atoms with E-state index < -0.39 is 10.0 Å². The Morgan fingerprint density at radius 1 is 1.32 bits per heavy atom. The Balaban J connectivity index is 1.57. The van der Waals surface area contributed by atoms with Gasteiger partial charge in [-0.05, 0) is 37.5 Å². The molecule has 2 N–H and O–H groups in total. The van der Waals surface area contributed by atoms with Gasteiger partial charge in [-0.3, -0.25) is 4.98 Å². The second-order valence-corrected chi connectivity index (χ2v) is 9.11. The van der Waals surface area contributed by atoms with Gasteiger partial charge in [-0.1, -0.05) is 6.92 Å². The van der Waals surface area contributed by atoms with Crippen LogP contribution in [0.2, 0.25) is 0 Å². The summed E-state index contributed by atoms with van der Waals surface area (Å²) in [6.45, 7) is 2.93. The number of aromatic nitrogens is 4. The number of hydrogen-bond donors (Lipinski definition) is 2. The molecule has 0 aliphatic carbocycles. The Morgan fingerprint density at radius 3 is 3.07 bits per heavy atom. The number of H-pyrrole nitrogens is 1. The smallest absolute Gasteiger partial charge is 0.214 e. The Morgan fingerprint density at radius 2 is 2.21 bits per heavy atom. The number of fused-ring (bicyclic) bond motifs is 1. The highest BCUT2D eigenvalue weighted by molar-refractivity contribution is 7.89. The van der Waals surface area contributed by atoms with E-state index in [2.05, 4.69) is 25.3 Å². The minimum absolute atomic E-state index is 0.0104. The zero-order valence-corrected chi connectivity index (χ0v) is 16.6. The van der Waals surface area contributed by atoms with Crippen molar-refractivity contribution >= 4 is 27.0 Å². The molecule has 1 saturated heterocycles. The van der Waals surface area contributed by atoms with Gasteiger partial charge in [-0.15, -0.1) is 0 Å². The Bertz CT molecular complexity index is 1060. The number of nitrogens with one attached hydrogen (secondary N) is 2. The highest BCUT2D eigenvalue weighted by atomic mass is 32.2. The molecule has 1 aliphatic rings. The minimum Gasteiger partial charge on any atom is -0.365 e. The van der Waals surface area contributed by atoms with Crippen molar-refractivity contribution in [2.45, 2.75) is 32.2 Å². The molecular weight excluding hydrogens is 376 g/mol. The molecule has 3 aromatic rings. The van der Waals surface area contributed by atoms with Gasteiger partial charge < -0.3 is 10.3 Å². The quantitative estimate of drug-likeness (QED) is 0.659. The number of sulfonamides is 1. The summed E-state index contributed by atoms with van der Waals surface area (Å²) >= 11 is 0. The minimum atomic E-state index is -3.19. The third-order valence-corrected chi connectivity index (χ3v) is 6.97. The summed E-state index contributed by atoms with van der Waals surface area (Å²) in [5.74, 6) is 0.891. The number of pyridine rings is 1. The molecule has 0 saturated carbocycles. The van der Waals surface area contributed by atoms with Crippen molar-refractivity contribution in [1.82, 2.24) is 24.2 Å². The first kappa shape index (κ1) is 18.8. The normalized spacial score (nSPS) is 18.4. The van der Waals surface area contributed by atoms with Gasteiger partial charge in [0.2, 0.25) is 10.0 Å². The van der Waals surface area contributed by atoms with Gasteiger partial charge >= 0.3 is 0 Å². The van der Waals surface area contributed by atoms with Crippen LogP contribution < -0.4 is 5.32 Å². The topological polar surface area (TPSA) is 104 Å². The molecule has 8 nitrogen and oxygen atoms in total. The molecule has 1 unspecified atom stereocenters. The van der Waals surface area contributed by atoms with Crippen LogP contribution in [0.4, 0.5) is 5.82 Å². The van der Waals surface area contributed by atoms with Gasteiger partial charge in [-0.25, -0.2) is 18.4 Å². The molecule has 0 amide bonds. The van der Waals surface area contributed by atoms with E-state index in [1.807, 2.05) is 31.3 Å². The van der Waals surface area contributed by atoms with Gasteiger partial charge in [0, 0.05) is 37.1 Å². The average molecular weight is 401 g/mol. The lowest BCUT2D eigenvalue weighted by atomic mass is 10.1. The third-order valence-electron chi connectivity index (χ3n) is 4.93. The number of rotatable bonds is 6. The average Bonchev–Trinajstić information content (AvgIpc) is 3.16. The molecule has 1 aliphatic heterocycles. The van der Waals surface area contributed by atoms with Crippen LogP contribution in [0.1, 0.15) is 26.2 Å². The molecule has 0 radical (unpaired) electrons. The number of anilines is 1. The van der Waals surface area contributed by atoms with Crippen LogP contribution in [0.3, 0.4) is 0 Å². The lowest BCUT2D eigenvalue weighted by Crippen LogP contribution is -2.46. The number of piperidine rings is 1. The monoisotopic (exact) mass is 400 g/mol. The molecule has 4 heterocycles. The van der Waals surface area contributed by atoms with E-state index >= 15 is 0 Å². The van der Waals surface area contributed by atoms with Crippen molar-refractivity contribution in [3.63, 3.8) is 0 Å². The van der Waals surface area contributed by atoms with Crippen LogP contribution in [0.5, 0.6) is 0 Å². The zero-order valence-electron chi connectivity index (χ0n) is 15.8. The summed E-state index contributed by atoms with van der Waals surface area (Å²) in [4.78, 5) is 16.6. The summed E-state index contributed by atoms with van der Waals surface area (Å²) in [6, 6.07) is 5.70. The first-order valence-corrected chi connectivity index (χ1v) is 11.2. The lowest BCUT2D eigenvalue weighted by Gasteiger charge is -2.32. The highest BCUT2D eigenvalue weighted by Crippen LogP contribution is 2.27. The summed E-state index contributed by atoms with van der Waals surface area (Å²) in [5, 5.41) is 3.44. The van der Waals surface area contributed by atoms with Crippen molar-refractivity contribution < 1.29 is 8.42 Å². The maximum Gasteiger partial charge on any atom is 0.214 e. The molecular formula is C19H24N6O2S. The first-order chi connectivity index (χ1) is 13.6. The van der Waals surface area contributed by atoms with Crippen molar-refractivity contribution in [1.29, 1.82) is 0 Å². The second kappa shape index (κ2) is 7.84. The van der Waals surface area contributed by atoms with E-state index in [-0.39, 0.29) is 11.8 Å². The Labute approximate surface area is 164 Å². The SMILES string of the molecule is CCCS(=O)(=O)N1CCCC(Nc2ncccc2-c2cnc3cc[nH]c3n2)C1. The van der Waals surface area contributed by atoms with E-state index in [1.165, 1.54) is 0 Å². The Hall–Kier alpha value is -2.52. The maximum absolute atomic E-state index is 12.4. The maximum atomic E-state index is 12.4. The van der Waals surface area contributed by atoms with Gasteiger partial charge in [0.1, 0.15) is 11.3 Å². The summed E-state index contributed by atoms with van der Waals surface area (Å²) < 4.78 is 26.5. The van der Waals surface area contributed by atoms with Crippen LogP contribution in [-0.2, 0) is 10.0 Å². The highest BCUT2D eigenvalue weighted by Gasteiger charge is 2.28. The van der Waals surface area contributed by atoms with E-state index in [0.29, 0.717) is 25.3 Å². The van der Waals surface area contributed by atoms with Crippen LogP contribution >= 0.6 is 0 Å². The molecule has 9 heteroatoms. The fraction of sp³-hybridized carbons (Fsp3) is 0.421. The number of aromatic amines is 1. The van der Waals surface area contributed by atoms with E-state index in [1.54, 1.807) is 16.7 Å². The molecule has 1 atom stereocenters. The van der Waals surface area contributed by atoms with Crippen molar-refractivity contribution in [2.24, 2.45) is 0 Å². The van der Waals surface area contributed by atoms with Crippen LogP contribution in [0.15, 0.2) is 36.8 Å².